The van der Waals surface area contributed by atoms with E-state index in [-0.39, 0.29) is 18.4 Å². The number of ether oxygens (including phenoxy) is 1. The van der Waals surface area contributed by atoms with Crippen LogP contribution in [0.25, 0.3) is 5.57 Å². The van der Waals surface area contributed by atoms with Gasteiger partial charge in [-0.2, -0.15) is 0 Å². The number of carbonyl (C=O) groups excluding carboxylic acids is 2. The van der Waals surface area contributed by atoms with Gasteiger partial charge in [-0.1, -0.05) is 42.0 Å². The second-order valence-corrected chi connectivity index (χ2v) is 6.39. The number of amides is 2. The fraction of sp³-hybridized carbons (Fsp3) is 0.158. The van der Waals surface area contributed by atoms with Gasteiger partial charge in [0, 0.05) is 0 Å². The van der Waals surface area contributed by atoms with E-state index >= 15 is 0 Å². The van der Waals surface area contributed by atoms with Gasteiger partial charge in [0.1, 0.15) is 5.75 Å². The van der Waals surface area contributed by atoms with Crippen LogP contribution < -0.4 is 4.74 Å². The molecule has 0 unspecified atom stereocenters. The third kappa shape index (κ3) is 2.99. The quantitative estimate of drug-likeness (QED) is 0.754. The molecule has 2 amide bonds. The first kappa shape index (κ1) is 16.5. The van der Waals surface area contributed by atoms with Crippen molar-refractivity contribution in [3.63, 3.8) is 0 Å². The summed E-state index contributed by atoms with van der Waals surface area (Å²) in [6.45, 7) is 2.21. The average Bonchev–Trinajstić information content (AvgIpc) is 2.80. The summed E-state index contributed by atoms with van der Waals surface area (Å²) in [7, 11) is 1.59. The van der Waals surface area contributed by atoms with Crippen molar-refractivity contribution < 1.29 is 14.3 Å². The minimum atomic E-state index is -0.314. The van der Waals surface area contributed by atoms with Crippen LogP contribution in [-0.2, 0) is 16.1 Å². The van der Waals surface area contributed by atoms with E-state index in [9.17, 15) is 9.59 Å². The minimum absolute atomic E-state index is 0.228. The number of aryl methyl sites for hydroxylation is 1. The van der Waals surface area contributed by atoms with E-state index < -0.39 is 0 Å². The lowest BCUT2D eigenvalue weighted by Gasteiger charge is -2.15. The topological polar surface area (TPSA) is 46.6 Å². The lowest BCUT2D eigenvalue weighted by molar-refractivity contribution is -0.137. The standard InChI is InChI=1S/C19H16BrNO3/c1-12-3-7-14(8-4-12)16-17(20)19(23)21(18(16)22)11-13-5-9-15(24-2)10-6-13/h3-10H,11H2,1-2H3. The molecule has 1 heterocycles. The maximum Gasteiger partial charge on any atom is 0.268 e. The Kier molecular flexibility index (Phi) is 4.53. The van der Waals surface area contributed by atoms with Crippen LogP contribution in [0.4, 0.5) is 0 Å². The van der Waals surface area contributed by atoms with Gasteiger partial charge in [0.15, 0.2) is 0 Å². The number of benzene rings is 2. The van der Waals surface area contributed by atoms with Crippen molar-refractivity contribution in [2.24, 2.45) is 0 Å². The maximum absolute atomic E-state index is 12.7. The molecule has 0 N–H and O–H groups in total. The summed E-state index contributed by atoms with van der Waals surface area (Å²) in [5.41, 5.74) is 3.11. The van der Waals surface area contributed by atoms with Gasteiger partial charge in [-0.3, -0.25) is 14.5 Å². The molecule has 1 aliphatic rings. The molecule has 5 heteroatoms. The van der Waals surface area contributed by atoms with Crippen LogP contribution >= 0.6 is 15.9 Å². The number of imide groups is 1. The smallest absolute Gasteiger partial charge is 0.268 e. The predicted molar refractivity (Wildman–Crippen MR) is 95.6 cm³/mol. The summed E-state index contributed by atoms with van der Waals surface area (Å²) in [6.07, 6.45) is 0. The Morgan fingerprint density at radius 3 is 2.17 bits per heavy atom. The van der Waals surface area contributed by atoms with Crippen LogP contribution in [0.2, 0.25) is 0 Å². The summed E-state index contributed by atoms with van der Waals surface area (Å²) < 4.78 is 5.43. The number of nitrogens with zero attached hydrogens (tertiary/aromatic N) is 1. The van der Waals surface area contributed by atoms with Gasteiger partial charge in [0.2, 0.25) is 0 Å². The molecule has 3 rings (SSSR count). The van der Waals surface area contributed by atoms with Crippen molar-refractivity contribution in [3.8, 4) is 5.75 Å². The fourth-order valence-corrected chi connectivity index (χ4v) is 3.19. The van der Waals surface area contributed by atoms with Gasteiger partial charge in [-0.25, -0.2) is 0 Å². The van der Waals surface area contributed by atoms with E-state index in [1.807, 2.05) is 55.5 Å². The van der Waals surface area contributed by atoms with Crippen LogP contribution in [0.3, 0.4) is 0 Å². The van der Waals surface area contributed by atoms with Gasteiger partial charge in [-0.05, 0) is 46.1 Å². The second-order valence-electron chi connectivity index (χ2n) is 5.60. The van der Waals surface area contributed by atoms with E-state index in [1.54, 1.807) is 7.11 Å². The first-order chi connectivity index (χ1) is 11.5. The molecule has 1 aliphatic heterocycles. The molecule has 0 saturated heterocycles. The number of methoxy groups -OCH3 is 1. The molecule has 0 saturated carbocycles. The normalized spacial score (nSPS) is 14.5. The zero-order valence-corrected chi connectivity index (χ0v) is 15.0. The van der Waals surface area contributed by atoms with Crippen molar-refractivity contribution >= 4 is 33.3 Å². The Labute approximate surface area is 148 Å². The third-order valence-corrected chi connectivity index (χ3v) is 4.69. The fourth-order valence-electron chi connectivity index (χ4n) is 2.57. The van der Waals surface area contributed by atoms with E-state index in [4.69, 9.17) is 4.74 Å². The average molecular weight is 386 g/mol. The molecule has 4 nitrogen and oxygen atoms in total. The van der Waals surface area contributed by atoms with E-state index in [0.29, 0.717) is 10.1 Å². The number of hydrogen-bond donors (Lipinski definition) is 0. The van der Waals surface area contributed by atoms with Crippen molar-refractivity contribution in [3.05, 3.63) is 69.7 Å². The molecule has 122 valence electrons. The summed E-state index contributed by atoms with van der Waals surface area (Å²) >= 11 is 3.29. The SMILES string of the molecule is COc1ccc(CN2C(=O)C(Br)=C(c3ccc(C)cc3)C2=O)cc1. The molecule has 24 heavy (non-hydrogen) atoms. The first-order valence-corrected chi connectivity index (χ1v) is 8.26. The summed E-state index contributed by atoms with van der Waals surface area (Å²) in [6, 6.07) is 14.9. The third-order valence-electron chi connectivity index (χ3n) is 3.95. The summed E-state index contributed by atoms with van der Waals surface area (Å²) in [5, 5.41) is 0. The van der Waals surface area contributed by atoms with Crippen molar-refractivity contribution in [2.45, 2.75) is 13.5 Å². The van der Waals surface area contributed by atoms with E-state index in [2.05, 4.69) is 15.9 Å². The highest BCUT2D eigenvalue weighted by atomic mass is 79.9. The minimum Gasteiger partial charge on any atom is -0.497 e. The second kappa shape index (κ2) is 6.61. The van der Waals surface area contributed by atoms with Gasteiger partial charge in [0.05, 0.1) is 23.7 Å². The van der Waals surface area contributed by atoms with Crippen molar-refractivity contribution in [1.29, 1.82) is 0 Å². The molecule has 2 aromatic rings. The molecule has 0 fully saturated rings. The van der Waals surface area contributed by atoms with Crippen LogP contribution in [-0.4, -0.2) is 23.8 Å². The molecule has 0 radical (unpaired) electrons. The molecular weight excluding hydrogens is 370 g/mol. The predicted octanol–water partition coefficient (Wildman–Crippen LogP) is 3.68. The van der Waals surface area contributed by atoms with Crippen molar-refractivity contribution in [1.82, 2.24) is 4.90 Å². The van der Waals surface area contributed by atoms with Crippen LogP contribution in [0.5, 0.6) is 5.75 Å². The zero-order valence-electron chi connectivity index (χ0n) is 13.4. The summed E-state index contributed by atoms with van der Waals surface area (Å²) in [4.78, 5) is 26.5. The van der Waals surface area contributed by atoms with Gasteiger partial charge in [0.25, 0.3) is 11.8 Å². The Morgan fingerprint density at radius 2 is 1.58 bits per heavy atom. The number of rotatable bonds is 4. The van der Waals surface area contributed by atoms with Crippen molar-refractivity contribution in [2.75, 3.05) is 7.11 Å². The highest BCUT2D eigenvalue weighted by Crippen LogP contribution is 2.33. The lowest BCUT2D eigenvalue weighted by atomic mass is 10.0. The number of carbonyl (C=O) groups is 2. The molecular formula is C19H16BrNO3. The Morgan fingerprint density at radius 1 is 0.958 bits per heavy atom. The monoisotopic (exact) mass is 385 g/mol. The highest BCUT2D eigenvalue weighted by molar-refractivity contribution is 9.12. The Balaban J connectivity index is 1.86. The largest absolute Gasteiger partial charge is 0.497 e. The van der Waals surface area contributed by atoms with Crippen LogP contribution in [0, 0.1) is 6.92 Å². The molecule has 0 bridgehead atoms. The van der Waals surface area contributed by atoms with Crippen LogP contribution in [0.1, 0.15) is 16.7 Å². The van der Waals surface area contributed by atoms with Gasteiger partial charge >= 0.3 is 0 Å². The van der Waals surface area contributed by atoms with Gasteiger partial charge < -0.3 is 4.74 Å². The Bertz CT molecular complexity index is 823. The zero-order chi connectivity index (χ0) is 17.3. The maximum atomic E-state index is 12.7. The number of hydrogen-bond acceptors (Lipinski definition) is 3. The molecule has 0 aliphatic carbocycles. The van der Waals surface area contributed by atoms with E-state index in [1.165, 1.54) is 4.90 Å². The molecule has 0 spiro atoms. The van der Waals surface area contributed by atoms with Gasteiger partial charge in [-0.15, -0.1) is 0 Å². The lowest BCUT2D eigenvalue weighted by Crippen LogP contribution is -2.30. The Hall–Kier alpha value is -2.40. The van der Waals surface area contributed by atoms with E-state index in [0.717, 1.165) is 22.4 Å². The first-order valence-electron chi connectivity index (χ1n) is 7.47. The molecule has 2 aromatic carbocycles. The molecule has 0 aromatic heterocycles. The summed E-state index contributed by atoms with van der Waals surface area (Å²) in [5.74, 6) is 0.135. The molecule has 0 atom stereocenters. The van der Waals surface area contributed by atoms with Crippen LogP contribution in [0.15, 0.2) is 53.0 Å². The number of halogens is 1. The highest BCUT2D eigenvalue weighted by Gasteiger charge is 2.37.